The fourth-order valence-corrected chi connectivity index (χ4v) is 1.27. The molecular weight excluding hydrogens is 257 g/mol. The molecule has 1 amide bonds. The van der Waals surface area contributed by atoms with E-state index in [1.54, 1.807) is 0 Å². The molecule has 6 nitrogen and oxygen atoms in total. The molecule has 1 aromatic carbocycles. The van der Waals surface area contributed by atoms with E-state index >= 15 is 0 Å². The van der Waals surface area contributed by atoms with Crippen molar-refractivity contribution in [3.8, 4) is 0 Å². The Morgan fingerprint density at radius 2 is 2.11 bits per heavy atom. The molecule has 104 valence electrons. The summed E-state index contributed by atoms with van der Waals surface area (Å²) in [6.45, 7) is 0.448. The van der Waals surface area contributed by atoms with E-state index in [9.17, 15) is 14.0 Å². The van der Waals surface area contributed by atoms with Gasteiger partial charge in [-0.25, -0.2) is 9.18 Å². The molecule has 0 saturated heterocycles. The van der Waals surface area contributed by atoms with Gasteiger partial charge in [-0.05, 0) is 18.2 Å². The number of anilines is 1. The van der Waals surface area contributed by atoms with Crippen LogP contribution in [-0.2, 0) is 14.3 Å². The number of hydrogen-bond acceptors (Lipinski definition) is 4. The molecule has 19 heavy (non-hydrogen) atoms. The van der Waals surface area contributed by atoms with Crippen molar-refractivity contribution in [2.75, 3.05) is 32.2 Å². The third kappa shape index (κ3) is 5.02. The fourth-order valence-electron chi connectivity index (χ4n) is 1.27. The number of nitrogens with one attached hydrogen (secondary N) is 1. The average Bonchev–Trinajstić information content (AvgIpc) is 2.36. The zero-order valence-corrected chi connectivity index (χ0v) is 10.3. The van der Waals surface area contributed by atoms with Crippen molar-refractivity contribution in [3.05, 3.63) is 29.6 Å². The standard InChI is InChI=1S/C12H14FNO5/c1-18-4-5-19-7-11(15)14-8-2-3-10(13)9(6-8)12(16)17/h2-3,6H,4-5,7H2,1H3,(H,14,15)(H,16,17). The van der Waals surface area contributed by atoms with E-state index in [2.05, 4.69) is 5.32 Å². The number of aromatic carboxylic acids is 1. The SMILES string of the molecule is COCCOCC(=O)Nc1ccc(F)c(C(=O)O)c1. The van der Waals surface area contributed by atoms with Gasteiger partial charge in [0.25, 0.3) is 0 Å². The fraction of sp³-hybridized carbons (Fsp3) is 0.333. The van der Waals surface area contributed by atoms with E-state index in [1.165, 1.54) is 13.2 Å². The maximum absolute atomic E-state index is 13.1. The van der Waals surface area contributed by atoms with Gasteiger partial charge in [0.15, 0.2) is 0 Å². The van der Waals surface area contributed by atoms with Gasteiger partial charge in [0, 0.05) is 12.8 Å². The van der Waals surface area contributed by atoms with Gasteiger partial charge in [-0.15, -0.1) is 0 Å². The molecule has 0 radical (unpaired) electrons. The van der Waals surface area contributed by atoms with Gasteiger partial charge in [0.05, 0.1) is 18.8 Å². The van der Waals surface area contributed by atoms with Crippen molar-refractivity contribution in [1.82, 2.24) is 0 Å². The highest BCUT2D eigenvalue weighted by atomic mass is 19.1. The third-order valence-electron chi connectivity index (χ3n) is 2.15. The van der Waals surface area contributed by atoms with Crippen molar-refractivity contribution >= 4 is 17.6 Å². The molecule has 0 bridgehead atoms. The lowest BCUT2D eigenvalue weighted by atomic mass is 10.2. The van der Waals surface area contributed by atoms with Crippen LogP contribution in [0.1, 0.15) is 10.4 Å². The Labute approximate surface area is 109 Å². The van der Waals surface area contributed by atoms with Crippen LogP contribution in [0.2, 0.25) is 0 Å². The van der Waals surface area contributed by atoms with E-state index in [0.29, 0.717) is 6.61 Å². The highest BCUT2D eigenvalue weighted by Crippen LogP contribution is 2.14. The highest BCUT2D eigenvalue weighted by Gasteiger charge is 2.12. The van der Waals surface area contributed by atoms with Crippen LogP contribution >= 0.6 is 0 Å². The average molecular weight is 271 g/mol. The zero-order chi connectivity index (χ0) is 14.3. The summed E-state index contributed by atoms with van der Waals surface area (Å²) in [4.78, 5) is 22.1. The lowest BCUT2D eigenvalue weighted by Gasteiger charge is -2.07. The van der Waals surface area contributed by atoms with Crippen molar-refractivity contribution in [2.45, 2.75) is 0 Å². The normalized spacial score (nSPS) is 10.2. The summed E-state index contributed by atoms with van der Waals surface area (Å²) in [5.41, 5.74) is -0.308. The Morgan fingerprint density at radius 1 is 1.37 bits per heavy atom. The van der Waals surface area contributed by atoms with Crippen LogP contribution in [0.3, 0.4) is 0 Å². The van der Waals surface area contributed by atoms with E-state index in [1.807, 2.05) is 0 Å². The molecule has 0 unspecified atom stereocenters. The van der Waals surface area contributed by atoms with Gasteiger partial charge >= 0.3 is 5.97 Å². The Bertz CT molecular complexity index is 463. The third-order valence-corrected chi connectivity index (χ3v) is 2.15. The lowest BCUT2D eigenvalue weighted by molar-refractivity contribution is -0.121. The number of amides is 1. The van der Waals surface area contributed by atoms with Gasteiger partial charge in [-0.1, -0.05) is 0 Å². The van der Waals surface area contributed by atoms with Gasteiger partial charge in [0.2, 0.25) is 5.91 Å². The number of methoxy groups -OCH3 is 1. The number of ether oxygens (including phenoxy) is 2. The minimum atomic E-state index is -1.40. The zero-order valence-electron chi connectivity index (χ0n) is 10.3. The number of carbonyl (C=O) groups is 2. The summed E-state index contributed by atoms with van der Waals surface area (Å²) in [5, 5.41) is 11.1. The molecule has 0 aromatic heterocycles. The van der Waals surface area contributed by atoms with Crippen molar-refractivity contribution in [3.63, 3.8) is 0 Å². The van der Waals surface area contributed by atoms with Crippen LogP contribution in [0.5, 0.6) is 0 Å². The first kappa shape index (κ1) is 15.1. The van der Waals surface area contributed by atoms with Crippen molar-refractivity contribution in [2.24, 2.45) is 0 Å². The summed E-state index contributed by atoms with van der Waals surface area (Å²) in [5.74, 6) is -2.72. The Balaban J connectivity index is 2.55. The second kappa shape index (κ2) is 7.45. The summed E-state index contributed by atoms with van der Waals surface area (Å²) < 4.78 is 22.8. The molecule has 0 saturated carbocycles. The summed E-state index contributed by atoms with van der Waals surface area (Å²) in [7, 11) is 1.51. The summed E-state index contributed by atoms with van der Waals surface area (Å²) in [6.07, 6.45) is 0. The van der Waals surface area contributed by atoms with Gasteiger partial charge in [0.1, 0.15) is 12.4 Å². The first-order valence-corrected chi connectivity index (χ1v) is 5.44. The van der Waals surface area contributed by atoms with Crippen LogP contribution in [0.15, 0.2) is 18.2 Å². The maximum Gasteiger partial charge on any atom is 0.338 e. The maximum atomic E-state index is 13.1. The highest BCUT2D eigenvalue weighted by molar-refractivity contribution is 5.94. The monoisotopic (exact) mass is 271 g/mol. The number of benzene rings is 1. The van der Waals surface area contributed by atoms with Crippen molar-refractivity contribution in [1.29, 1.82) is 0 Å². The number of halogens is 1. The number of rotatable bonds is 7. The van der Waals surface area contributed by atoms with Crippen molar-refractivity contribution < 1.29 is 28.6 Å². The molecule has 2 N–H and O–H groups in total. The molecule has 7 heteroatoms. The van der Waals surface area contributed by atoms with E-state index in [0.717, 1.165) is 12.1 Å². The minimum Gasteiger partial charge on any atom is -0.478 e. The topological polar surface area (TPSA) is 84.9 Å². The molecule has 0 spiro atoms. The summed E-state index contributed by atoms with van der Waals surface area (Å²) >= 11 is 0. The van der Waals surface area contributed by atoms with Crippen LogP contribution in [-0.4, -0.2) is 43.9 Å². The molecule has 0 atom stereocenters. The molecular formula is C12H14FNO5. The van der Waals surface area contributed by atoms with Crippen LogP contribution in [0.25, 0.3) is 0 Å². The van der Waals surface area contributed by atoms with Gasteiger partial charge in [-0.2, -0.15) is 0 Å². The number of carboxylic acids is 1. The second-order valence-corrected chi connectivity index (χ2v) is 3.59. The first-order valence-electron chi connectivity index (χ1n) is 5.44. The van der Waals surface area contributed by atoms with Crippen LogP contribution in [0.4, 0.5) is 10.1 Å². The van der Waals surface area contributed by atoms with Gasteiger partial charge < -0.3 is 19.9 Å². The largest absolute Gasteiger partial charge is 0.478 e. The van der Waals surface area contributed by atoms with E-state index < -0.39 is 23.3 Å². The molecule has 0 aliphatic rings. The van der Waals surface area contributed by atoms with E-state index in [4.69, 9.17) is 14.6 Å². The molecule has 1 rings (SSSR count). The lowest BCUT2D eigenvalue weighted by Crippen LogP contribution is -2.20. The van der Waals surface area contributed by atoms with E-state index in [-0.39, 0.29) is 18.9 Å². The molecule has 0 aliphatic heterocycles. The number of carbonyl (C=O) groups excluding carboxylic acids is 1. The van der Waals surface area contributed by atoms with Crippen LogP contribution in [0, 0.1) is 5.82 Å². The molecule has 0 aliphatic carbocycles. The van der Waals surface area contributed by atoms with Crippen LogP contribution < -0.4 is 5.32 Å². The molecule has 0 heterocycles. The smallest absolute Gasteiger partial charge is 0.338 e. The summed E-state index contributed by atoms with van der Waals surface area (Å²) in [6, 6.07) is 3.30. The Kier molecular flexibility index (Phi) is 5.91. The van der Waals surface area contributed by atoms with Gasteiger partial charge in [-0.3, -0.25) is 4.79 Å². The molecule has 0 fully saturated rings. The molecule has 1 aromatic rings. The number of hydrogen-bond donors (Lipinski definition) is 2. The first-order chi connectivity index (χ1) is 9.04. The Hall–Kier alpha value is -1.99. The quantitative estimate of drug-likeness (QED) is 0.726. The predicted octanol–water partition coefficient (Wildman–Crippen LogP) is 1.13. The Morgan fingerprint density at radius 3 is 2.74 bits per heavy atom. The predicted molar refractivity (Wildman–Crippen MR) is 64.7 cm³/mol. The second-order valence-electron chi connectivity index (χ2n) is 3.59. The minimum absolute atomic E-state index is 0.191. The number of carboxylic acid groups (broad SMARTS) is 1.